The number of rotatable bonds is 6. The van der Waals surface area contributed by atoms with E-state index in [1.165, 1.54) is 0 Å². The average Bonchev–Trinajstić information content (AvgIpc) is 1.89. The van der Waals surface area contributed by atoms with Crippen molar-refractivity contribution in [2.24, 2.45) is 0 Å². The summed E-state index contributed by atoms with van der Waals surface area (Å²) in [6.45, 7) is 2.49. The lowest BCUT2D eigenvalue weighted by atomic mass is 10.2. The molecule has 0 aliphatic rings. The Bertz CT molecular complexity index is 83.8. The van der Waals surface area contributed by atoms with Crippen molar-refractivity contribution in [3.8, 4) is 0 Å². The number of carbonyl (C=O) groups excluding carboxylic acids is 1. The van der Waals surface area contributed by atoms with Gasteiger partial charge in [0.25, 0.3) is 6.47 Å². The minimum atomic E-state index is -0.0901. The van der Waals surface area contributed by atoms with Gasteiger partial charge in [0.15, 0.2) is 0 Å². The second-order valence-electron chi connectivity index (χ2n) is 2.02. The van der Waals surface area contributed by atoms with E-state index in [9.17, 15) is 4.79 Å². The molecule has 0 radical (unpaired) electrons. The smallest absolute Gasteiger partial charge is 0.293 e. The van der Waals surface area contributed by atoms with Gasteiger partial charge in [-0.05, 0) is 19.8 Å². The molecule has 1 atom stereocenters. The summed E-state index contributed by atoms with van der Waals surface area (Å²) in [5.74, 6) is 0. The van der Waals surface area contributed by atoms with E-state index >= 15 is 0 Å². The highest BCUT2D eigenvalue weighted by atomic mass is 17.1. The molecule has 4 nitrogen and oxygen atoms in total. The van der Waals surface area contributed by atoms with Gasteiger partial charge in [-0.25, -0.2) is 4.89 Å². The Kier molecular flexibility index (Phi) is 6.11. The zero-order valence-corrected chi connectivity index (χ0v) is 5.95. The molecule has 0 aromatic rings. The SMILES string of the molecule is CC(CCCOO)OC=O. The molecule has 0 fully saturated rings. The Balaban J connectivity index is 3.04. The van der Waals surface area contributed by atoms with Gasteiger partial charge in [-0.3, -0.25) is 10.1 Å². The summed E-state index contributed by atoms with van der Waals surface area (Å²) in [5.41, 5.74) is 0. The van der Waals surface area contributed by atoms with Crippen molar-refractivity contribution in [1.29, 1.82) is 0 Å². The van der Waals surface area contributed by atoms with Crippen molar-refractivity contribution in [3.05, 3.63) is 0 Å². The molecule has 1 unspecified atom stereocenters. The molecule has 1 N–H and O–H groups in total. The molecule has 0 aliphatic carbocycles. The number of ether oxygens (including phenoxy) is 1. The second-order valence-corrected chi connectivity index (χ2v) is 2.02. The van der Waals surface area contributed by atoms with E-state index in [-0.39, 0.29) is 12.7 Å². The predicted octanol–water partition coefficient (Wildman–Crippen LogP) is 0.818. The summed E-state index contributed by atoms with van der Waals surface area (Å²) in [6, 6.07) is 0. The highest BCUT2D eigenvalue weighted by molar-refractivity contribution is 5.37. The predicted molar refractivity (Wildman–Crippen MR) is 34.4 cm³/mol. The minimum Gasteiger partial charge on any atom is -0.465 e. The van der Waals surface area contributed by atoms with Gasteiger partial charge in [-0.2, -0.15) is 0 Å². The molecule has 0 amide bonds. The molecule has 0 aromatic carbocycles. The van der Waals surface area contributed by atoms with Gasteiger partial charge < -0.3 is 4.74 Å². The third-order valence-electron chi connectivity index (χ3n) is 1.13. The Morgan fingerprint density at radius 2 is 2.40 bits per heavy atom. The molecular formula is C6H12O4. The van der Waals surface area contributed by atoms with Crippen LogP contribution >= 0.6 is 0 Å². The van der Waals surface area contributed by atoms with Gasteiger partial charge in [0.1, 0.15) is 0 Å². The van der Waals surface area contributed by atoms with Crippen LogP contribution in [0.25, 0.3) is 0 Å². The molecule has 0 aromatic heterocycles. The topological polar surface area (TPSA) is 55.8 Å². The van der Waals surface area contributed by atoms with Crippen LogP contribution in [-0.2, 0) is 14.4 Å². The first-order valence-electron chi connectivity index (χ1n) is 3.16. The van der Waals surface area contributed by atoms with Gasteiger partial charge >= 0.3 is 0 Å². The summed E-state index contributed by atoms with van der Waals surface area (Å²) < 4.78 is 4.57. The molecule has 0 aliphatic heterocycles. The Hall–Kier alpha value is -0.610. The Morgan fingerprint density at radius 1 is 1.70 bits per heavy atom. The zero-order chi connectivity index (χ0) is 7.82. The van der Waals surface area contributed by atoms with E-state index in [1.54, 1.807) is 6.92 Å². The highest BCUT2D eigenvalue weighted by Crippen LogP contribution is 1.99. The Labute approximate surface area is 59.7 Å². The van der Waals surface area contributed by atoms with Crippen LogP contribution in [0.5, 0.6) is 0 Å². The van der Waals surface area contributed by atoms with Crippen molar-refractivity contribution in [1.82, 2.24) is 0 Å². The first-order valence-corrected chi connectivity index (χ1v) is 3.16. The summed E-state index contributed by atoms with van der Waals surface area (Å²) in [5, 5.41) is 7.90. The third kappa shape index (κ3) is 5.53. The lowest BCUT2D eigenvalue weighted by molar-refractivity contribution is -0.243. The van der Waals surface area contributed by atoms with Crippen LogP contribution < -0.4 is 0 Å². The van der Waals surface area contributed by atoms with Crippen molar-refractivity contribution < 1.29 is 19.7 Å². The van der Waals surface area contributed by atoms with Gasteiger partial charge in [0, 0.05) is 0 Å². The number of hydrogen-bond donors (Lipinski definition) is 1. The molecular weight excluding hydrogens is 136 g/mol. The molecule has 0 heterocycles. The second kappa shape index (κ2) is 6.51. The van der Waals surface area contributed by atoms with Crippen LogP contribution in [0.15, 0.2) is 0 Å². The lowest BCUT2D eigenvalue weighted by Gasteiger charge is -2.06. The number of hydrogen-bond acceptors (Lipinski definition) is 4. The molecule has 4 heteroatoms. The van der Waals surface area contributed by atoms with E-state index in [0.717, 1.165) is 0 Å². The average molecular weight is 148 g/mol. The maximum Gasteiger partial charge on any atom is 0.293 e. The molecule has 10 heavy (non-hydrogen) atoms. The van der Waals surface area contributed by atoms with Crippen molar-refractivity contribution >= 4 is 6.47 Å². The molecule has 0 spiro atoms. The van der Waals surface area contributed by atoms with Crippen molar-refractivity contribution in [2.75, 3.05) is 6.61 Å². The van der Waals surface area contributed by atoms with E-state index in [1.807, 2.05) is 0 Å². The number of carbonyl (C=O) groups is 1. The van der Waals surface area contributed by atoms with Crippen LogP contribution in [-0.4, -0.2) is 24.4 Å². The van der Waals surface area contributed by atoms with E-state index in [4.69, 9.17) is 5.26 Å². The maximum atomic E-state index is 9.75. The van der Waals surface area contributed by atoms with Gasteiger partial charge in [-0.1, -0.05) is 0 Å². The zero-order valence-electron chi connectivity index (χ0n) is 5.95. The quantitative estimate of drug-likeness (QED) is 0.262. The monoisotopic (exact) mass is 148 g/mol. The fourth-order valence-corrected chi connectivity index (χ4v) is 0.598. The first-order chi connectivity index (χ1) is 4.81. The largest absolute Gasteiger partial charge is 0.465 e. The molecule has 0 bridgehead atoms. The van der Waals surface area contributed by atoms with Crippen LogP contribution in [0.2, 0.25) is 0 Å². The van der Waals surface area contributed by atoms with Gasteiger partial charge in [0.2, 0.25) is 0 Å². The van der Waals surface area contributed by atoms with Crippen LogP contribution in [0.4, 0.5) is 0 Å². The maximum absolute atomic E-state index is 9.75. The standard InChI is InChI=1S/C6H12O4/c1-6(9-5-7)3-2-4-10-8/h5-6,8H,2-4H2,1H3. The van der Waals surface area contributed by atoms with Crippen LogP contribution in [0.1, 0.15) is 19.8 Å². The summed E-state index contributed by atoms with van der Waals surface area (Å²) in [7, 11) is 0. The fourth-order valence-electron chi connectivity index (χ4n) is 0.598. The molecule has 0 saturated carbocycles. The fraction of sp³-hybridized carbons (Fsp3) is 0.833. The van der Waals surface area contributed by atoms with Crippen molar-refractivity contribution in [2.45, 2.75) is 25.9 Å². The van der Waals surface area contributed by atoms with Crippen molar-refractivity contribution in [3.63, 3.8) is 0 Å². The van der Waals surface area contributed by atoms with Gasteiger partial charge in [-0.15, -0.1) is 0 Å². The van der Waals surface area contributed by atoms with E-state index in [0.29, 0.717) is 19.3 Å². The van der Waals surface area contributed by atoms with Crippen LogP contribution in [0, 0.1) is 0 Å². The highest BCUT2D eigenvalue weighted by Gasteiger charge is 1.99. The lowest BCUT2D eigenvalue weighted by Crippen LogP contribution is -2.07. The third-order valence-corrected chi connectivity index (χ3v) is 1.13. The normalized spacial score (nSPS) is 12.6. The molecule has 0 rings (SSSR count). The van der Waals surface area contributed by atoms with Gasteiger partial charge in [0.05, 0.1) is 12.7 Å². The van der Waals surface area contributed by atoms with E-state index in [2.05, 4.69) is 9.62 Å². The molecule has 0 saturated heterocycles. The summed E-state index contributed by atoms with van der Waals surface area (Å²) in [4.78, 5) is 13.6. The minimum absolute atomic E-state index is 0.0901. The summed E-state index contributed by atoms with van der Waals surface area (Å²) in [6.07, 6.45) is 1.30. The summed E-state index contributed by atoms with van der Waals surface area (Å²) >= 11 is 0. The first kappa shape index (κ1) is 9.39. The van der Waals surface area contributed by atoms with Crippen LogP contribution in [0.3, 0.4) is 0 Å². The Morgan fingerprint density at radius 3 is 2.90 bits per heavy atom. The van der Waals surface area contributed by atoms with E-state index < -0.39 is 0 Å². The molecule has 60 valence electrons.